The van der Waals surface area contributed by atoms with Crippen LogP contribution in [0.2, 0.25) is 0 Å². The summed E-state index contributed by atoms with van der Waals surface area (Å²) in [4.78, 5) is 0. The number of hydrogen-bond acceptors (Lipinski definition) is 0. The van der Waals surface area contributed by atoms with Gasteiger partial charge in [-0.15, -0.1) is 6.58 Å². The van der Waals surface area contributed by atoms with E-state index in [0.717, 1.165) is 18.3 Å². The summed E-state index contributed by atoms with van der Waals surface area (Å²) in [6.07, 6.45) is 18.8. The Balaban J connectivity index is 3.55. The smallest absolute Gasteiger partial charge is 0.0236 e. The van der Waals surface area contributed by atoms with Crippen LogP contribution in [0.5, 0.6) is 0 Å². The van der Waals surface area contributed by atoms with E-state index in [1.807, 2.05) is 6.08 Å². The lowest BCUT2D eigenvalue weighted by molar-refractivity contribution is 0.404. The molecule has 0 aliphatic heterocycles. The highest BCUT2D eigenvalue weighted by atomic mass is 14.1. The van der Waals surface area contributed by atoms with Crippen molar-refractivity contribution in [3.05, 3.63) is 24.8 Å². The van der Waals surface area contributed by atoms with Crippen LogP contribution >= 0.6 is 0 Å². The first-order valence-corrected chi connectivity index (χ1v) is 7.99. The molecule has 0 aromatic heterocycles. The Morgan fingerprint density at radius 1 is 0.944 bits per heavy atom. The molecule has 0 nitrogen and oxygen atoms in total. The number of rotatable bonds is 12. The van der Waals surface area contributed by atoms with Crippen LogP contribution in [0.4, 0.5) is 0 Å². The largest absolute Gasteiger partial charge is 0.103 e. The predicted octanol–water partition coefficient (Wildman–Crippen LogP) is 6.53. The van der Waals surface area contributed by atoms with Gasteiger partial charge >= 0.3 is 0 Å². The molecule has 0 heteroatoms. The first-order valence-electron chi connectivity index (χ1n) is 7.99. The molecular formula is C18H34. The quantitative estimate of drug-likeness (QED) is 0.273. The third-order valence-electron chi connectivity index (χ3n) is 3.88. The molecule has 0 rings (SSSR count). The van der Waals surface area contributed by atoms with Gasteiger partial charge in [-0.1, -0.05) is 77.5 Å². The summed E-state index contributed by atoms with van der Waals surface area (Å²) in [6.45, 7) is 10.8. The van der Waals surface area contributed by atoms with Gasteiger partial charge < -0.3 is 0 Å². The van der Waals surface area contributed by atoms with E-state index < -0.39 is 0 Å². The van der Waals surface area contributed by atoms with E-state index in [1.165, 1.54) is 51.4 Å². The van der Waals surface area contributed by atoms with Crippen molar-refractivity contribution in [1.29, 1.82) is 0 Å². The van der Waals surface area contributed by atoms with Gasteiger partial charge in [0.25, 0.3) is 0 Å². The molecule has 18 heavy (non-hydrogen) atoms. The summed E-state index contributed by atoms with van der Waals surface area (Å²) in [6, 6.07) is 0. The molecule has 0 amide bonds. The van der Waals surface area contributed by atoms with Crippen LogP contribution in [0.25, 0.3) is 0 Å². The highest BCUT2D eigenvalue weighted by Gasteiger charge is 2.08. The molecule has 0 spiro atoms. The molecule has 0 heterocycles. The van der Waals surface area contributed by atoms with Gasteiger partial charge in [0, 0.05) is 0 Å². The maximum Gasteiger partial charge on any atom is -0.0236 e. The summed E-state index contributed by atoms with van der Waals surface area (Å²) >= 11 is 0. The van der Waals surface area contributed by atoms with Crippen molar-refractivity contribution in [2.24, 2.45) is 11.8 Å². The lowest BCUT2D eigenvalue weighted by atomic mass is 9.90. The zero-order valence-electron chi connectivity index (χ0n) is 13.0. The average molecular weight is 250 g/mol. The Labute approximate surface area is 116 Å². The Morgan fingerprint density at radius 3 is 2.33 bits per heavy atom. The fourth-order valence-electron chi connectivity index (χ4n) is 2.21. The Hall–Kier alpha value is -0.520. The molecule has 0 aromatic carbocycles. The van der Waals surface area contributed by atoms with Crippen molar-refractivity contribution in [2.75, 3.05) is 0 Å². The van der Waals surface area contributed by atoms with Crippen molar-refractivity contribution in [3.8, 4) is 0 Å². The van der Waals surface area contributed by atoms with Crippen LogP contribution in [0.3, 0.4) is 0 Å². The van der Waals surface area contributed by atoms with Crippen LogP contribution in [0.1, 0.15) is 78.6 Å². The summed E-state index contributed by atoms with van der Waals surface area (Å²) in [5, 5.41) is 0. The fraction of sp³-hybridized carbons (Fsp3) is 0.778. The van der Waals surface area contributed by atoms with Crippen LogP contribution in [0, 0.1) is 11.8 Å². The van der Waals surface area contributed by atoms with Crippen LogP contribution in [0.15, 0.2) is 24.8 Å². The van der Waals surface area contributed by atoms with E-state index in [4.69, 9.17) is 0 Å². The van der Waals surface area contributed by atoms with Crippen molar-refractivity contribution >= 4 is 0 Å². The second-order valence-electron chi connectivity index (χ2n) is 5.69. The van der Waals surface area contributed by atoms with Gasteiger partial charge in [-0.3, -0.25) is 0 Å². The standard InChI is InChI=1S/C18H34/c1-5-7-9-11-13-15-17(3)18(4)16-14-12-10-8-6-2/h5,13,15,17-18H,1,6-12,14,16H2,2-4H3. The normalized spacial score (nSPS) is 14.8. The van der Waals surface area contributed by atoms with E-state index in [1.54, 1.807) is 0 Å². The van der Waals surface area contributed by atoms with Gasteiger partial charge in [0.2, 0.25) is 0 Å². The zero-order chi connectivity index (χ0) is 13.6. The topological polar surface area (TPSA) is 0 Å². The molecule has 0 aliphatic rings. The summed E-state index contributed by atoms with van der Waals surface area (Å²) in [7, 11) is 0. The maximum atomic E-state index is 3.75. The molecule has 2 atom stereocenters. The lowest BCUT2D eigenvalue weighted by Crippen LogP contribution is -2.05. The number of allylic oxidation sites excluding steroid dienone is 3. The van der Waals surface area contributed by atoms with Crippen molar-refractivity contribution in [2.45, 2.75) is 78.6 Å². The Bertz CT molecular complexity index is 202. The van der Waals surface area contributed by atoms with Gasteiger partial charge in [0.15, 0.2) is 0 Å². The third kappa shape index (κ3) is 10.6. The predicted molar refractivity (Wildman–Crippen MR) is 84.9 cm³/mol. The van der Waals surface area contributed by atoms with E-state index in [9.17, 15) is 0 Å². The minimum absolute atomic E-state index is 0.736. The van der Waals surface area contributed by atoms with Gasteiger partial charge in [-0.05, 0) is 31.1 Å². The molecule has 0 saturated heterocycles. The van der Waals surface area contributed by atoms with E-state index in [0.29, 0.717) is 0 Å². The molecule has 0 saturated carbocycles. The second-order valence-corrected chi connectivity index (χ2v) is 5.69. The Morgan fingerprint density at radius 2 is 1.67 bits per heavy atom. The zero-order valence-corrected chi connectivity index (χ0v) is 13.0. The van der Waals surface area contributed by atoms with Gasteiger partial charge in [-0.25, -0.2) is 0 Å². The first kappa shape index (κ1) is 17.5. The van der Waals surface area contributed by atoms with E-state index in [-0.39, 0.29) is 0 Å². The van der Waals surface area contributed by atoms with Gasteiger partial charge in [-0.2, -0.15) is 0 Å². The molecule has 0 aromatic rings. The molecular weight excluding hydrogens is 216 g/mol. The van der Waals surface area contributed by atoms with E-state index in [2.05, 4.69) is 39.5 Å². The van der Waals surface area contributed by atoms with Crippen molar-refractivity contribution in [3.63, 3.8) is 0 Å². The van der Waals surface area contributed by atoms with E-state index >= 15 is 0 Å². The second kappa shape index (κ2) is 12.9. The van der Waals surface area contributed by atoms with Gasteiger partial charge in [0.05, 0.1) is 0 Å². The molecule has 2 unspecified atom stereocenters. The minimum atomic E-state index is 0.736. The first-order chi connectivity index (χ1) is 8.72. The summed E-state index contributed by atoms with van der Waals surface area (Å²) in [5.41, 5.74) is 0. The molecule has 0 fully saturated rings. The highest BCUT2D eigenvalue weighted by molar-refractivity contribution is 4.89. The summed E-state index contributed by atoms with van der Waals surface area (Å²) in [5.74, 6) is 1.57. The van der Waals surface area contributed by atoms with Crippen LogP contribution in [-0.4, -0.2) is 0 Å². The molecule has 106 valence electrons. The highest BCUT2D eigenvalue weighted by Crippen LogP contribution is 2.20. The fourth-order valence-corrected chi connectivity index (χ4v) is 2.21. The van der Waals surface area contributed by atoms with Crippen molar-refractivity contribution < 1.29 is 0 Å². The van der Waals surface area contributed by atoms with Gasteiger partial charge in [0.1, 0.15) is 0 Å². The number of hydrogen-bond donors (Lipinski definition) is 0. The summed E-state index contributed by atoms with van der Waals surface area (Å²) < 4.78 is 0. The van der Waals surface area contributed by atoms with Crippen LogP contribution in [-0.2, 0) is 0 Å². The maximum absolute atomic E-state index is 3.75. The molecule has 0 bridgehead atoms. The third-order valence-corrected chi connectivity index (χ3v) is 3.88. The lowest BCUT2D eigenvalue weighted by Gasteiger charge is -2.16. The Kier molecular flexibility index (Phi) is 12.6. The van der Waals surface area contributed by atoms with Crippen LogP contribution < -0.4 is 0 Å². The molecule has 0 aliphatic carbocycles. The SMILES string of the molecule is C=CCCCC=CC(C)C(C)CCCCCCC. The minimum Gasteiger partial charge on any atom is -0.103 e. The van der Waals surface area contributed by atoms with Crippen molar-refractivity contribution in [1.82, 2.24) is 0 Å². The number of unbranched alkanes of at least 4 members (excludes halogenated alkanes) is 6. The molecule has 0 radical (unpaired) electrons. The molecule has 0 N–H and O–H groups in total. The monoisotopic (exact) mass is 250 g/mol. The average Bonchev–Trinajstić information content (AvgIpc) is 2.37.